The predicted octanol–water partition coefficient (Wildman–Crippen LogP) is 4.63. The molecule has 20 heavy (non-hydrogen) atoms. The summed E-state index contributed by atoms with van der Waals surface area (Å²) in [6, 6.07) is 0.624. The van der Waals surface area contributed by atoms with Gasteiger partial charge in [-0.2, -0.15) is 5.10 Å². The molecule has 0 bridgehead atoms. The topological polar surface area (TPSA) is 21.1 Å². The zero-order valence-electron chi connectivity index (χ0n) is 13.7. The number of halogens is 1. The number of hydrogen-bond donors (Lipinski definition) is 0. The molecule has 1 unspecified atom stereocenters. The van der Waals surface area contributed by atoms with Gasteiger partial charge in [0.25, 0.3) is 0 Å². The molecule has 0 aliphatic carbocycles. The third-order valence-corrected chi connectivity index (χ3v) is 4.98. The summed E-state index contributed by atoms with van der Waals surface area (Å²) in [6.45, 7) is 14.3. The van der Waals surface area contributed by atoms with Crippen LogP contribution in [-0.4, -0.2) is 27.3 Å². The van der Waals surface area contributed by atoms with Crippen LogP contribution in [0.3, 0.4) is 0 Å². The highest BCUT2D eigenvalue weighted by molar-refractivity contribution is 9.10. The number of nitrogens with zero attached hydrogens (tertiary/aromatic N) is 3. The van der Waals surface area contributed by atoms with Crippen LogP contribution in [0.2, 0.25) is 0 Å². The van der Waals surface area contributed by atoms with E-state index in [0.717, 1.165) is 19.5 Å². The van der Waals surface area contributed by atoms with Crippen molar-refractivity contribution in [1.29, 1.82) is 0 Å². The summed E-state index contributed by atoms with van der Waals surface area (Å²) in [5.74, 6) is 0. The average molecular weight is 344 g/mol. The van der Waals surface area contributed by atoms with Crippen LogP contribution in [0.1, 0.15) is 65.3 Å². The normalized spacial score (nSPS) is 13.2. The Labute approximate surface area is 132 Å². The molecule has 0 saturated carbocycles. The summed E-state index contributed by atoms with van der Waals surface area (Å²) in [5, 5.41) is 4.71. The van der Waals surface area contributed by atoms with Crippen LogP contribution in [0.25, 0.3) is 0 Å². The Morgan fingerprint density at radius 2 is 1.95 bits per heavy atom. The van der Waals surface area contributed by atoms with E-state index >= 15 is 0 Å². The minimum atomic E-state index is 0.624. The lowest BCUT2D eigenvalue weighted by Gasteiger charge is -2.28. The molecule has 116 valence electrons. The molecular formula is C16H30BrN3. The van der Waals surface area contributed by atoms with Crippen molar-refractivity contribution in [2.75, 3.05) is 6.54 Å². The van der Waals surface area contributed by atoms with E-state index in [9.17, 15) is 0 Å². The maximum Gasteiger partial charge on any atom is 0.0767 e. The fourth-order valence-corrected chi connectivity index (χ4v) is 3.13. The van der Waals surface area contributed by atoms with E-state index in [0.29, 0.717) is 6.04 Å². The summed E-state index contributed by atoms with van der Waals surface area (Å²) < 4.78 is 3.37. The van der Waals surface area contributed by atoms with Crippen LogP contribution in [0, 0.1) is 0 Å². The van der Waals surface area contributed by atoms with Gasteiger partial charge in [-0.25, -0.2) is 0 Å². The summed E-state index contributed by atoms with van der Waals surface area (Å²) in [5.41, 5.74) is 2.52. The first-order valence-electron chi connectivity index (χ1n) is 8.06. The Balaban J connectivity index is 2.94. The Morgan fingerprint density at radius 1 is 1.25 bits per heavy atom. The Hall–Kier alpha value is -0.350. The minimum absolute atomic E-state index is 0.624. The summed E-state index contributed by atoms with van der Waals surface area (Å²) in [7, 11) is 0. The molecule has 1 rings (SSSR count). The lowest BCUT2D eigenvalue weighted by molar-refractivity contribution is 0.186. The molecule has 0 aromatic carbocycles. The summed E-state index contributed by atoms with van der Waals surface area (Å²) >= 11 is 3.76. The standard InChI is InChI=1S/C16H30BrN3/c1-6-10-11-19(13(5)7-2)12-15-16(17)14(8-3)18-20(15)9-4/h13H,6-12H2,1-5H3. The highest BCUT2D eigenvalue weighted by Crippen LogP contribution is 2.25. The Morgan fingerprint density at radius 3 is 2.45 bits per heavy atom. The molecule has 0 aliphatic heterocycles. The molecule has 0 spiro atoms. The van der Waals surface area contributed by atoms with E-state index in [1.54, 1.807) is 0 Å². The Bertz CT molecular complexity index is 401. The van der Waals surface area contributed by atoms with Gasteiger partial charge in [0.05, 0.1) is 15.9 Å². The highest BCUT2D eigenvalue weighted by Gasteiger charge is 2.19. The van der Waals surface area contributed by atoms with Gasteiger partial charge in [-0.05, 0) is 55.6 Å². The molecule has 1 atom stereocenters. The van der Waals surface area contributed by atoms with Crippen molar-refractivity contribution in [3.05, 3.63) is 15.9 Å². The summed E-state index contributed by atoms with van der Waals surface area (Å²) in [4.78, 5) is 2.59. The molecule has 0 aliphatic rings. The average Bonchev–Trinajstić information content (AvgIpc) is 2.78. The number of aryl methyl sites for hydroxylation is 2. The monoisotopic (exact) mass is 343 g/mol. The van der Waals surface area contributed by atoms with Gasteiger partial charge in [0.15, 0.2) is 0 Å². The fraction of sp³-hybridized carbons (Fsp3) is 0.812. The van der Waals surface area contributed by atoms with Gasteiger partial charge in [-0.3, -0.25) is 9.58 Å². The van der Waals surface area contributed by atoms with Gasteiger partial charge in [0.2, 0.25) is 0 Å². The van der Waals surface area contributed by atoms with Crippen molar-refractivity contribution in [3.8, 4) is 0 Å². The molecule has 1 heterocycles. The third kappa shape index (κ3) is 4.32. The van der Waals surface area contributed by atoms with E-state index in [-0.39, 0.29) is 0 Å². The molecule has 1 aromatic rings. The van der Waals surface area contributed by atoms with Crippen LogP contribution in [-0.2, 0) is 19.5 Å². The van der Waals surface area contributed by atoms with Gasteiger partial charge in [-0.15, -0.1) is 0 Å². The number of aromatic nitrogens is 2. The van der Waals surface area contributed by atoms with Crippen LogP contribution in [0.4, 0.5) is 0 Å². The van der Waals surface area contributed by atoms with E-state index < -0.39 is 0 Å². The van der Waals surface area contributed by atoms with E-state index in [2.05, 4.69) is 60.1 Å². The lowest BCUT2D eigenvalue weighted by atomic mass is 10.2. The van der Waals surface area contributed by atoms with Crippen molar-refractivity contribution in [2.24, 2.45) is 0 Å². The maximum atomic E-state index is 4.71. The second-order valence-corrected chi connectivity index (χ2v) is 6.25. The van der Waals surface area contributed by atoms with Gasteiger partial charge in [0, 0.05) is 19.1 Å². The first kappa shape index (κ1) is 17.7. The molecule has 0 fully saturated rings. The van der Waals surface area contributed by atoms with Crippen molar-refractivity contribution >= 4 is 15.9 Å². The zero-order chi connectivity index (χ0) is 15.1. The van der Waals surface area contributed by atoms with Crippen LogP contribution < -0.4 is 0 Å². The molecule has 0 amide bonds. The third-order valence-electron chi connectivity index (χ3n) is 4.06. The number of hydrogen-bond acceptors (Lipinski definition) is 2. The first-order valence-corrected chi connectivity index (χ1v) is 8.86. The molecule has 4 heteroatoms. The van der Waals surface area contributed by atoms with Crippen molar-refractivity contribution < 1.29 is 0 Å². The van der Waals surface area contributed by atoms with Crippen molar-refractivity contribution in [1.82, 2.24) is 14.7 Å². The molecule has 0 radical (unpaired) electrons. The van der Waals surface area contributed by atoms with E-state index in [4.69, 9.17) is 5.10 Å². The van der Waals surface area contributed by atoms with Crippen LogP contribution >= 0.6 is 15.9 Å². The van der Waals surface area contributed by atoms with Crippen molar-refractivity contribution in [3.63, 3.8) is 0 Å². The summed E-state index contributed by atoms with van der Waals surface area (Å²) in [6.07, 6.45) is 4.70. The smallest absolute Gasteiger partial charge is 0.0767 e. The highest BCUT2D eigenvalue weighted by atomic mass is 79.9. The molecule has 0 N–H and O–H groups in total. The molecular weight excluding hydrogens is 314 g/mol. The minimum Gasteiger partial charge on any atom is -0.295 e. The predicted molar refractivity (Wildman–Crippen MR) is 90.1 cm³/mol. The quantitative estimate of drug-likeness (QED) is 0.651. The Kier molecular flexibility index (Phi) is 7.82. The lowest BCUT2D eigenvalue weighted by Crippen LogP contribution is -2.34. The van der Waals surface area contributed by atoms with Crippen LogP contribution in [0.15, 0.2) is 4.47 Å². The number of rotatable bonds is 9. The van der Waals surface area contributed by atoms with Gasteiger partial charge in [-0.1, -0.05) is 27.2 Å². The van der Waals surface area contributed by atoms with E-state index in [1.165, 1.54) is 41.7 Å². The van der Waals surface area contributed by atoms with Gasteiger partial charge >= 0.3 is 0 Å². The largest absolute Gasteiger partial charge is 0.295 e. The molecule has 1 aromatic heterocycles. The molecule has 0 saturated heterocycles. The van der Waals surface area contributed by atoms with E-state index in [1.807, 2.05) is 0 Å². The SMILES string of the molecule is CCCCN(Cc1c(Br)c(CC)nn1CC)C(C)CC. The van der Waals surface area contributed by atoms with Crippen LogP contribution in [0.5, 0.6) is 0 Å². The second-order valence-electron chi connectivity index (χ2n) is 5.46. The van der Waals surface area contributed by atoms with Gasteiger partial charge in [0.1, 0.15) is 0 Å². The maximum absolute atomic E-state index is 4.71. The second kappa shape index (κ2) is 8.83. The fourth-order valence-electron chi connectivity index (χ4n) is 2.44. The van der Waals surface area contributed by atoms with Gasteiger partial charge < -0.3 is 0 Å². The number of unbranched alkanes of at least 4 members (excludes halogenated alkanes) is 1. The van der Waals surface area contributed by atoms with Crippen molar-refractivity contribution in [2.45, 2.75) is 79.4 Å². The first-order chi connectivity index (χ1) is 9.58. The molecule has 3 nitrogen and oxygen atoms in total. The zero-order valence-corrected chi connectivity index (χ0v) is 15.3.